The number of rotatable bonds is 3. The summed E-state index contributed by atoms with van der Waals surface area (Å²) in [6.45, 7) is 2.16. The van der Waals surface area contributed by atoms with E-state index >= 15 is 0 Å². The maximum absolute atomic E-state index is 11.4. The van der Waals surface area contributed by atoms with Gasteiger partial charge in [-0.15, -0.1) is 0 Å². The molecule has 1 heterocycles. The van der Waals surface area contributed by atoms with Gasteiger partial charge >= 0.3 is 5.97 Å². The van der Waals surface area contributed by atoms with Crippen LogP contribution < -0.4 is 4.68 Å². The van der Waals surface area contributed by atoms with Crippen molar-refractivity contribution in [2.45, 2.75) is 11.1 Å². The average molecular weight is 266 g/mol. The Kier molecular flexibility index (Phi) is 3.65. The number of benzene rings is 1. The largest absolute Gasteiger partial charge is 0.462 e. The molecule has 2 rings (SSSR count). The van der Waals surface area contributed by atoms with Gasteiger partial charge in [0.1, 0.15) is 0 Å². The third-order valence-corrected chi connectivity index (χ3v) is 2.96. The molecule has 0 aliphatic rings. The molecule has 0 aliphatic heterocycles. The molecule has 0 radical (unpaired) electrons. The second-order valence-corrected chi connectivity index (χ2v) is 4.72. The van der Waals surface area contributed by atoms with Gasteiger partial charge in [-0.3, -0.25) is 0 Å². The van der Waals surface area contributed by atoms with Crippen LogP contribution in [-0.2, 0) is 17.4 Å². The lowest BCUT2D eigenvalue weighted by Crippen LogP contribution is -2.30. The number of aromatic nitrogens is 2. The Morgan fingerprint density at radius 2 is 2.18 bits per heavy atom. The highest BCUT2D eigenvalue weighted by molar-refractivity contribution is 7.62. The fourth-order valence-electron chi connectivity index (χ4n) is 1.32. The van der Waals surface area contributed by atoms with E-state index in [1.54, 1.807) is 42.1 Å². The molecule has 0 atom stereocenters. The standard InChI is InChI=1S/C11H10N2O2S2/c1-2-15-11(14)8-3-5-9(6-4-8)13-7-10(16)17-12-13/h3-7H,2H2,1H3. The van der Waals surface area contributed by atoms with Crippen LogP contribution in [-0.4, -0.2) is 17.1 Å². The van der Waals surface area contributed by atoms with Crippen molar-refractivity contribution in [3.63, 3.8) is 0 Å². The Morgan fingerprint density at radius 3 is 2.71 bits per heavy atom. The van der Waals surface area contributed by atoms with E-state index in [0.29, 0.717) is 12.2 Å². The van der Waals surface area contributed by atoms with E-state index in [4.69, 9.17) is 17.4 Å². The summed E-state index contributed by atoms with van der Waals surface area (Å²) in [5.41, 5.74) is 1.40. The van der Waals surface area contributed by atoms with Gasteiger partial charge in [0.05, 0.1) is 12.2 Å². The molecule has 4 nitrogen and oxygen atoms in total. The first-order valence-corrected chi connectivity index (χ1v) is 6.22. The molecule has 0 N–H and O–H groups in total. The Balaban J connectivity index is 2.21. The lowest BCUT2D eigenvalue weighted by atomic mass is 10.2. The van der Waals surface area contributed by atoms with Crippen LogP contribution in [0.25, 0.3) is 5.69 Å². The van der Waals surface area contributed by atoms with E-state index in [-0.39, 0.29) is 5.97 Å². The molecular weight excluding hydrogens is 256 g/mol. The Labute approximate surface area is 108 Å². The predicted octanol–water partition coefficient (Wildman–Crippen LogP) is 1.50. The van der Waals surface area contributed by atoms with Crippen LogP contribution in [0.3, 0.4) is 0 Å². The van der Waals surface area contributed by atoms with Crippen molar-refractivity contribution in [1.82, 2.24) is 4.49 Å². The highest BCUT2D eigenvalue weighted by Gasteiger charge is 2.10. The summed E-state index contributed by atoms with van der Waals surface area (Å²) in [5, 5.41) is 0. The topological polar surface area (TPSA) is 43.1 Å². The predicted molar refractivity (Wildman–Crippen MR) is 65.2 cm³/mol. The van der Waals surface area contributed by atoms with E-state index in [0.717, 1.165) is 9.90 Å². The van der Waals surface area contributed by atoms with Crippen molar-refractivity contribution in [3.8, 4) is 5.69 Å². The van der Waals surface area contributed by atoms with Crippen LogP contribution in [0.15, 0.2) is 34.7 Å². The zero-order valence-electron chi connectivity index (χ0n) is 9.12. The summed E-state index contributed by atoms with van der Waals surface area (Å²) >= 11 is 6.25. The normalized spacial score (nSPS) is 10.2. The molecule has 0 amide bonds. The van der Waals surface area contributed by atoms with Gasteiger partial charge in [0.25, 0.3) is 0 Å². The van der Waals surface area contributed by atoms with Crippen molar-refractivity contribution in [2.24, 2.45) is 0 Å². The fraction of sp³-hybridized carbons (Fsp3) is 0.182. The maximum Gasteiger partial charge on any atom is 0.338 e. The van der Waals surface area contributed by atoms with Gasteiger partial charge in [0, 0.05) is 12.1 Å². The van der Waals surface area contributed by atoms with Crippen molar-refractivity contribution in [3.05, 3.63) is 36.0 Å². The van der Waals surface area contributed by atoms with E-state index in [1.807, 2.05) is 0 Å². The van der Waals surface area contributed by atoms with Crippen LogP contribution in [0.4, 0.5) is 0 Å². The second-order valence-electron chi connectivity index (χ2n) is 3.23. The van der Waals surface area contributed by atoms with Crippen molar-refractivity contribution in [2.75, 3.05) is 6.61 Å². The molecule has 1 aromatic carbocycles. The minimum atomic E-state index is -0.314. The number of carbonyl (C=O) groups excluding carboxylic acids is 1. The first kappa shape index (κ1) is 11.9. The fourth-order valence-corrected chi connectivity index (χ4v) is 1.97. The zero-order chi connectivity index (χ0) is 12.3. The molecule has 0 fully saturated rings. The van der Waals surface area contributed by atoms with Gasteiger partial charge in [-0.1, -0.05) is 4.68 Å². The lowest BCUT2D eigenvalue weighted by molar-refractivity contribution is -0.652. The van der Waals surface area contributed by atoms with Gasteiger partial charge in [-0.2, -0.15) is 11.5 Å². The number of hydrogen-bond donors (Lipinski definition) is 0. The highest BCUT2D eigenvalue weighted by Crippen LogP contribution is 2.07. The first-order valence-electron chi connectivity index (χ1n) is 5.04. The first-order chi connectivity index (χ1) is 8.20. The van der Waals surface area contributed by atoms with Crippen LogP contribution >= 0.6 is 11.5 Å². The van der Waals surface area contributed by atoms with Crippen molar-refractivity contribution in [1.29, 1.82) is 0 Å². The number of nitrogens with zero attached hydrogens (tertiary/aromatic N) is 2. The molecule has 1 aromatic heterocycles. The third-order valence-electron chi connectivity index (χ3n) is 2.09. The summed E-state index contributed by atoms with van der Waals surface area (Å²) in [6, 6.07) is 7.03. The molecular formula is C11H10N2O2S2. The van der Waals surface area contributed by atoms with Gasteiger partial charge in [-0.25, -0.2) is 4.79 Å². The molecule has 0 saturated carbocycles. The number of ether oxygens (including phenoxy) is 1. The number of esters is 1. The second kappa shape index (κ2) is 5.20. The Morgan fingerprint density at radius 1 is 1.47 bits per heavy atom. The maximum atomic E-state index is 11.4. The van der Waals surface area contributed by atoms with Crippen LogP contribution in [0.2, 0.25) is 0 Å². The average Bonchev–Trinajstić information content (AvgIpc) is 2.76. The van der Waals surface area contributed by atoms with E-state index in [9.17, 15) is 4.79 Å². The quantitative estimate of drug-likeness (QED) is 0.480. The van der Waals surface area contributed by atoms with Crippen LogP contribution in [0, 0.1) is 0 Å². The molecule has 0 saturated heterocycles. The summed E-state index contributed by atoms with van der Waals surface area (Å²) in [5.74, 6) is -0.314. The van der Waals surface area contributed by atoms with Crippen LogP contribution in [0.5, 0.6) is 0 Å². The molecule has 2 aromatic rings. The van der Waals surface area contributed by atoms with Gasteiger partial charge in [0.2, 0.25) is 5.69 Å². The molecule has 0 spiro atoms. The summed E-state index contributed by atoms with van der Waals surface area (Å²) < 4.78 is 11.4. The van der Waals surface area contributed by atoms with Crippen molar-refractivity contribution < 1.29 is 14.2 Å². The number of carbonyl (C=O) groups is 1. The van der Waals surface area contributed by atoms with Gasteiger partial charge in [-0.05, 0) is 27.8 Å². The minimum Gasteiger partial charge on any atom is -0.462 e. The lowest BCUT2D eigenvalue weighted by Gasteiger charge is -2.00. The summed E-state index contributed by atoms with van der Waals surface area (Å²) in [6.07, 6.45) is 1.76. The van der Waals surface area contributed by atoms with E-state index in [2.05, 4.69) is 4.49 Å². The minimum absolute atomic E-state index is 0.314. The molecule has 17 heavy (non-hydrogen) atoms. The third kappa shape index (κ3) is 2.78. The smallest absolute Gasteiger partial charge is 0.338 e. The van der Waals surface area contributed by atoms with Gasteiger partial charge < -0.3 is 17.4 Å². The molecule has 6 heteroatoms. The molecule has 88 valence electrons. The van der Waals surface area contributed by atoms with E-state index < -0.39 is 0 Å². The Hall–Kier alpha value is -1.53. The highest BCUT2D eigenvalue weighted by atomic mass is 32.2. The summed E-state index contributed by atoms with van der Waals surface area (Å²) in [7, 11) is 0. The molecule has 0 aliphatic carbocycles. The van der Waals surface area contributed by atoms with E-state index in [1.165, 1.54) is 11.5 Å². The Bertz CT molecular complexity index is 523. The van der Waals surface area contributed by atoms with Crippen molar-refractivity contribution >= 4 is 30.1 Å². The summed E-state index contributed by atoms with van der Waals surface area (Å²) in [4.78, 5) is 11.4. The SMILES string of the molecule is CCOC(=O)c1ccc(-[n+]2cc([S-])sn2)cc1. The van der Waals surface area contributed by atoms with Gasteiger partial charge in [0.15, 0.2) is 6.20 Å². The zero-order valence-corrected chi connectivity index (χ0v) is 10.8. The molecule has 0 unspecified atom stereocenters. The molecule has 0 bridgehead atoms. The number of hydrogen-bond acceptors (Lipinski definition) is 5. The van der Waals surface area contributed by atoms with Crippen LogP contribution in [0.1, 0.15) is 17.3 Å². The monoisotopic (exact) mass is 266 g/mol.